The van der Waals surface area contributed by atoms with Crippen LogP contribution in [-0.2, 0) is 16.6 Å². The first-order valence-corrected chi connectivity index (χ1v) is 8.17. The number of aromatic nitrogens is 2. The smallest absolute Gasteiger partial charge is 0.260 e. The van der Waals surface area contributed by atoms with Crippen molar-refractivity contribution in [1.29, 1.82) is 0 Å². The van der Waals surface area contributed by atoms with Gasteiger partial charge in [0, 0.05) is 19.6 Å². The monoisotopic (exact) mass is 286 g/mol. The van der Waals surface area contributed by atoms with Gasteiger partial charge in [0.2, 0.25) is 0 Å². The minimum Gasteiger partial charge on any atom is -0.330 e. The maximum atomic E-state index is 12.7. The summed E-state index contributed by atoms with van der Waals surface area (Å²) in [5, 5.41) is 4.51. The maximum Gasteiger partial charge on any atom is 0.260 e. The molecule has 1 aliphatic heterocycles. The highest BCUT2D eigenvalue weighted by atomic mass is 32.2. The number of nitrogens with two attached hydrogens (primary N) is 1. The number of hydrogen-bond donors (Lipinski definition) is 1. The molecule has 108 valence electrons. The van der Waals surface area contributed by atoms with Crippen LogP contribution in [0.15, 0.2) is 11.1 Å². The lowest BCUT2D eigenvalue weighted by molar-refractivity contribution is 0.269. The largest absolute Gasteiger partial charge is 0.330 e. The molecule has 0 unspecified atom stereocenters. The number of piperidine rings is 1. The molecule has 7 heteroatoms. The van der Waals surface area contributed by atoms with Crippen LogP contribution in [-0.4, -0.2) is 42.1 Å². The molecule has 0 saturated carbocycles. The Labute approximate surface area is 114 Å². The third-order valence-electron chi connectivity index (χ3n) is 3.58. The zero-order valence-electron chi connectivity index (χ0n) is 11.5. The van der Waals surface area contributed by atoms with E-state index in [1.807, 2.05) is 13.8 Å². The van der Waals surface area contributed by atoms with E-state index in [1.54, 1.807) is 15.1 Å². The summed E-state index contributed by atoms with van der Waals surface area (Å²) in [4.78, 5) is 0. The van der Waals surface area contributed by atoms with Crippen LogP contribution in [0.1, 0.15) is 25.5 Å². The maximum absolute atomic E-state index is 12.7. The Kier molecular flexibility index (Phi) is 4.27. The van der Waals surface area contributed by atoms with Gasteiger partial charge < -0.3 is 5.73 Å². The van der Waals surface area contributed by atoms with Crippen molar-refractivity contribution in [3.63, 3.8) is 0 Å². The van der Waals surface area contributed by atoms with Gasteiger partial charge >= 0.3 is 0 Å². The number of aryl methyl sites for hydroxylation is 2. The molecule has 1 aromatic rings. The molecule has 0 radical (unpaired) electrons. The molecular weight excluding hydrogens is 264 g/mol. The second-order valence-electron chi connectivity index (χ2n) is 5.05. The van der Waals surface area contributed by atoms with Gasteiger partial charge in [0.25, 0.3) is 10.0 Å². The van der Waals surface area contributed by atoms with Crippen molar-refractivity contribution in [3.05, 3.63) is 11.8 Å². The van der Waals surface area contributed by atoms with Gasteiger partial charge in [-0.15, -0.1) is 0 Å². The molecule has 0 spiro atoms. The summed E-state index contributed by atoms with van der Waals surface area (Å²) in [7, 11) is -3.45. The standard InChI is InChI=1S/C12H22N4O2S/c1-3-16-12(7-10(2)14-16)19(17,18)15-6-4-5-11(8-13)9-15/h7,11H,3-6,8-9,13H2,1-2H3/t11-/m0/s1. The van der Waals surface area contributed by atoms with E-state index >= 15 is 0 Å². The van der Waals surface area contributed by atoms with E-state index in [0.29, 0.717) is 31.2 Å². The third-order valence-corrected chi connectivity index (χ3v) is 5.45. The van der Waals surface area contributed by atoms with Gasteiger partial charge in [-0.3, -0.25) is 4.68 Å². The summed E-state index contributed by atoms with van der Waals surface area (Å²) in [6.07, 6.45) is 1.88. The average Bonchev–Trinajstić information content (AvgIpc) is 2.81. The molecule has 1 aliphatic rings. The molecule has 2 N–H and O–H groups in total. The first-order valence-electron chi connectivity index (χ1n) is 6.73. The molecule has 0 aromatic carbocycles. The van der Waals surface area contributed by atoms with Crippen LogP contribution in [0.25, 0.3) is 0 Å². The van der Waals surface area contributed by atoms with Crippen LogP contribution in [0.3, 0.4) is 0 Å². The number of nitrogens with zero attached hydrogens (tertiary/aromatic N) is 3. The van der Waals surface area contributed by atoms with Crippen LogP contribution < -0.4 is 5.73 Å². The quantitative estimate of drug-likeness (QED) is 0.877. The van der Waals surface area contributed by atoms with Crippen LogP contribution in [0, 0.1) is 12.8 Å². The summed E-state index contributed by atoms with van der Waals surface area (Å²) in [5.74, 6) is 0.266. The number of sulfonamides is 1. The summed E-state index contributed by atoms with van der Waals surface area (Å²) in [6.45, 7) is 5.89. The summed E-state index contributed by atoms with van der Waals surface area (Å²) < 4.78 is 28.4. The van der Waals surface area contributed by atoms with Crippen molar-refractivity contribution in [1.82, 2.24) is 14.1 Å². The molecule has 1 saturated heterocycles. The Morgan fingerprint density at radius 3 is 2.89 bits per heavy atom. The van der Waals surface area contributed by atoms with E-state index in [4.69, 9.17) is 5.73 Å². The van der Waals surface area contributed by atoms with Gasteiger partial charge in [-0.25, -0.2) is 8.42 Å². The van der Waals surface area contributed by atoms with Gasteiger partial charge in [-0.05, 0) is 45.2 Å². The third kappa shape index (κ3) is 2.82. The van der Waals surface area contributed by atoms with Gasteiger partial charge in [-0.1, -0.05) is 0 Å². The van der Waals surface area contributed by atoms with E-state index in [1.165, 1.54) is 0 Å². The van der Waals surface area contributed by atoms with Gasteiger partial charge in [0.1, 0.15) is 0 Å². The number of rotatable bonds is 4. The second-order valence-corrected chi connectivity index (χ2v) is 6.93. The van der Waals surface area contributed by atoms with E-state index in [9.17, 15) is 8.42 Å². The molecule has 1 atom stereocenters. The zero-order valence-corrected chi connectivity index (χ0v) is 12.4. The van der Waals surface area contributed by atoms with Crippen molar-refractivity contribution < 1.29 is 8.42 Å². The highest BCUT2D eigenvalue weighted by Gasteiger charge is 2.32. The van der Waals surface area contributed by atoms with Gasteiger partial charge in [-0.2, -0.15) is 9.40 Å². The fraction of sp³-hybridized carbons (Fsp3) is 0.750. The molecule has 1 fully saturated rings. The lowest BCUT2D eigenvalue weighted by atomic mass is 10.0. The van der Waals surface area contributed by atoms with Crippen molar-refractivity contribution >= 4 is 10.0 Å². The molecule has 2 heterocycles. The van der Waals surface area contributed by atoms with Crippen molar-refractivity contribution in [3.8, 4) is 0 Å². The van der Waals surface area contributed by atoms with Crippen LogP contribution in [0.5, 0.6) is 0 Å². The Hall–Kier alpha value is -0.920. The second kappa shape index (κ2) is 5.60. The van der Waals surface area contributed by atoms with Crippen LogP contribution >= 0.6 is 0 Å². The highest BCUT2D eigenvalue weighted by Crippen LogP contribution is 2.23. The van der Waals surface area contributed by atoms with E-state index in [2.05, 4.69) is 5.10 Å². The molecule has 0 aliphatic carbocycles. The Morgan fingerprint density at radius 2 is 2.26 bits per heavy atom. The summed E-state index contributed by atoms with van der Waals surface area (Å²) in [5.41, 5.74) is 6.40. The lowest BCUT2D eigenvalue weighted by Gasteiger charge is -2.31. The van der Waals surface area contributed by atoms with Crippen LogP contribution in [0.4, 0.5) is 0 Å². The van der Waals surface area contributed by atoms with Gasteiger partial charge in [0.15, 0.2) is 5.03 Å². The first kappa shape index (κ1) is 14.5. The van der Waals surface area contributed by atoms with Crippen LogP contribution in [0.2, 0.25) is 0 Å². The van der Waals surface area contributed by atoms with E-state index in [-0.39, 0.29) is 5.92 Å². The average molecular weight is 286 g/mol. The Bertz CT molecular complexity index is 538. The van der Waals surface area contributed by atoms with Gasteiger partial charge in [0.05, 0.1) is 5.69 Å². The molecule has 0 amide bonds. The first-order chi connectivity index (χ1) is 8.98. The lowest BCUT2D eigenvalue weighted by Crippen LogP contribution is -2.42. The Morgan fingerprint density at radius 1 is 1.53 bits per heavy atom. The minimum absolute atomic E-state index is 0.266. The molecule has 19 heavy (non-hydrogen) atoms. The number of hydrogen-bond acceptors (Lipinski definition) is 4. The SMILES string of the molecule is CCn1nc(C)cc1S(=O)(=O)N1CCC[C@@H](CN)C1. The minimum atomic E-state index is -3.45. The molecule has 6 nitrogen and oxygen atoms in total. The van der Waals surface area contributed by atoms with E-state index < -0.39 is 10.0 Å². The Balaban J connectivity index is 2.31. The van der Waals surface area contributed by atoms with Crippen molar-refractivity contribution in [2.45, 2.75) is 38.3 Å². The topological polar surface area (TPSA) is 81.2 Å². The van der Waals surface area contributed by atoms with Crippen molar-refractivity contribution in [2.24, 2.45) is 11.7 Å². The summed E-state index contributed by atoms with van der Waals surface area (Å²) >= 11 is 0. The molecule has 2 rings (SSSR count). The van der Waals surface area contributed by atoms with Crippen molar-refractivity contribution in [2.75, 3.05) is 19.6 Å². The fourth-order valence-electron chi connectivity index (χ4n) is 2.53. The summed E-state index contributed by atoms with van der Waals surface area (Å²) in [6, 6.07) is 1.64. The highest BCUT2D eigenvalue weighted by molar-refractivity contribution is 7.89. The predicted octanol–water partition coefficient (Wildman–Crippen LogP) is 0.571. The molecule has 0 bridgehead atoms. The normalized spacial score (nSPS) is 21.7. The fourth-order valence-corrected chi connectivity index (χ4v) is 4.32. The van der Waals surface area contributed by atoms with E-state index in [0.717, 1.165) is 18.5 Å². The zero-order chi connectivity index (χ0) is 14.0. The predicted molar refractivity (Wildman–Crippen MR) is 73.2 cm³/mol. The molecule has 1 aromatic heterocycles. The molecular formula is C12H22N4O2S.